The van der Waals surface area contributed by atoms with Gasteiger partial charge in [-0.2, -0.15) is 16.7 Å². The molecule has 0 amide bonds. The first-order valence-corrected chi connectivity index (χ1v) is 6.91. The summed E-state index contributed by atoms with van der Waals surface area (Å²) >= 11 is 1.60. The summed E-state index contributed by atoms with van der Waals surface area (Å²) < 4.78 is 6.95. The summed E-state index contributed by atoms with van der Waals surface area (Å²) in [4.78, 5) is 23.1. The Morgan fingerprint density at radius 1 is 1.63 bits per heavy atom. The number of nitrogens with one attached hydrogen (secondary N) is 1. The average molecular weight is 283 g/mol. The SMILES string of the molecule is Nc1nc2nc[nH]c2c(=O)n1C1CSCC(CO)O1. The Balaban J connectivity index is 2.06. The van der Waals surface area contributed by atoms with Crippen molar-refractivity contribution in [1.82, 2.24) is 19.5 Å². The lowest BCUT2D eigenvalue weighted by atomic mass is 10.4. The highest BCUT2D eigenvalue weighted by Gasteiger charge is 2.27. The molecule has 1 saturated heterocycles. The number of aromatic nitrogens is 4. The maximum Gasteiger partial charge on any atom is 0.283 e. The van der Waals surface area contributed by atoms with Crippen molar-refractivity contribution >= 4 is 28.9 Å². The van der Waals surface area contributed by atoms with Crippen LogP contribution in [0.5, 0.6) is 0 Å². The number of nitrogens with two attached hydrogens (primary N) is 1. The minimum Gasteiger partial charge on any atom is -0.394 e. The van der Waals surface area contributed by atoms with E-state index < -0.39 is 6.23 Å². The van der Waals surface area contributed by atoms with Gasteiger partial charge in [-0.25, -0.2) is 9.55 Å². The zero-order valence-electron chi connectivity index (χ0n) is 9.94. The molecule has 2 unspecified atom stereocenters. The molecule has 19 heavy (non-hydrogen) atoms. The summed E-state index contributed by atoms with van der Waals surface area (Å²) in [6.07, 6.45) is 0.576. The highest BCUT2D eigenvalue weighted by Crippen LogP contribution is 2.26. The molecule has 0 radical (unpaired) electrons. The third-order valence-corrected chi connectivity index (χ3v) is 4.05. The number of imidazole rings is 1. The second-order valence-electron chi connectivity index (χ2n) is 4.18. The van der Waals surface area contributed by atoms with Crippen LogP contribution in [0.2, 0.25) is 0 Å². The molecular formula is C10H13N5O3S. The number of hydrogen-bond donors (Lipinski definition) is 3. The Hall–Kier alpha value is -1.58. The van der Waals surface area contributed by atoms with Crippen LogP contribution in [0.4, 0.5) is 5.95 Å². The van der Waals surface area contributed by atoms with Gasteiger partial charge in [-0.05, 0) is 0 Å². The normalized spacial score (nSPS) is 23.8. The summed E-state index contributed by atoms with van der Waals surface area (Å²) in [7, 11) is 0. The van der Waals surface area contributed by atoms with Gasteiger partial charge in [0.05, 0.1) is 19.0 Å². The van der Waals surface area contributed by atoms with E-state index >= 15 is 0 Å². The maximum absolute atomic E-state index is 12.3. The number of H-pyrrole nitrogens is 1. The molecule has 0 aromatic carbocycles. The number of nitrogens with zero attached hydrogens (tertiary/aromatic N) is 3. The van der Waals surface area contributed by atoms with Crippen LogP contribution in [0.15, 0.2) is 11.1 Å². The monoisotopic (exact) mass is 283 g/mol. The van der Waals surface area contributed by atoms with Crippen LogP contribution in [0.3, 0.4) is 0 Å². The predicted molar refractivity (Wildman–Crippen MR) is 70.9 cm³/mol. The molecule has 3 heterocycles. The second-order valence-corrected chi connectivity index (χ2v) is 5.25. The van der Waals surface area contributed by atoms with E-state index in [1.807, 2.05) is 0 Å². The molecule has 1 aliphatic rings. The number of thioether (sulfide) groups is 1. The van der Waals surface area contributed by atoms with Crippen molar-refractivity contribution in [2.75, 3.05) is 23.8 Å². The van der Waals surface area contributed by atoms with Crippen LogP contribution in [0.1, 0.15) is 6.23 Å². The molecule has 0 saturated carbocycles. The smallest absolute Gasteiger partial charge is 0.283 e. The van der Waals surface area contributed by atoms with Crippen molar-refractivity contribution in [3.8, 4) is 0 Å². The molecule has 2 aromatic rings. The van der Waals surface area contributed by atoms with E-state index in [9.17, 15) is 4.79 Å². The fraction of sp³-hybridized carbons (Fsp3) is 0.500. The molecule has 0 bridgehead atoms. The number of aromatic amines is 1. The van der Waals surface area contributed by atoms with Crippen LogP contribution in [-0.2, 0) is 4.74 Å². The molecule has 0 aliphatic carbocycles. The van der Waals surface area contributed by atoms with Gasteiger partial charge in [-0.15, -0.1) is 0 Å². The van der Waals surface area contributed by atoms with Gasteiger partial charge in [-0.3, -0.25) is 4.79 Å². The summed E-state index contributed by atoms with van der Waals surface area (Å²) in [6.45, 7) is -0.0854. The number of ether oxygens (including phenoxy) is 1. The number of anilines is 1. The molecule has 102 valence electrons. The molecule has 3 rings (SSSR count). The highest BCUT2D eigenvalue weighted by atomic mass is 32.2. The molecule has 1 aliphatic heterocycles. The Kier molecular flexibility index (Phi) is 3.17. The molecular weight excluding hydrogens is 270 g/mol. The molecule has 0 spiro atoms. The third kappa shape index (κ3) is 2.09. The average Bonchev–Trinajstić information content (AvgIpc) is 2.87. The number of aliphatic hydroxyl groups is 1. The molecule has 2 aromatic heterocycles. The van der Waals surface area contributed by atoms with Crippen LogP contribution in [-0.4, -0.2) is 48.8 Å². The lowest BCUT2D eigenvalue weighted by Crippen LogP contribution is -2.38. The van der Waals surface area contributed by atoms with Gasteiger partial charge in [0.25, 0.3) is 5.56 Å². The number of fused-ring (bicyclic) bond motifs is 1. The minimum atomic E-state index is -0.524. The number of aliphatic hydroxyl groups excluding tert-OH is 1. The quantitative estimate of drug-likeness (QED) is 0.668. The number of rotatable bonds is 2. The van der Waals surface area contributed by atoms with E-state index in [1.165, 1.54) is 10.9 Å². The van der Waals surface area contributed by atoms with E-state index in [0.29, 0.717) is 22.7 Å². The van der Waals surface area contributed by atoms with Crippen LogP contribution in [0, 0.1) is 0 Å². The summed E-state index contributed by atoms with van der Waals surface area (Å²) in [6, 6.07) is 0. The van der Waals surface area contributed by atoms with E-state index in [-0.39, 0.29) is 24.2 Å². The Morgan fingerprint density at radius 2 is 2.47 bits per heavy atom. The fourth-order valence-electron chi connectivity index (χ4n) is 2.03. The van der Waals surface area contributed by atoms with E-state index in [4.69, 9.17) is 15.6 Å². The lowest BCUT2D eigenvalue weighted by molar-refractivity contribution is -0.0570. The third-order valence-electron chi connectivity index (χ3n) is 2.92. The van der Waals surface area contributed by atoms with Gasteiger partial charge in [0.1, 0.15) is 6.23 Å². The van der Waals surface area contributed by atoms with Crippen molar-refractivity contribution in [3.63, 3.8) is 0 Å². The van der Waals surface area contributed by atoms with Crippen LogP contribution in [0.25, 0.3) is 11.2 Å². The van der Waals surface area contributed by atoms with E-state index in [1.54, 1.807) is 11.8 Å². The van der Waals surface area contributed by atoms with Crippen molar-refractivity contribution in [2.45, 2.75) is 12.3 Å². The van der Waals surface area contributed by atoms with Gasteiger partial charge in [0.2, 0.25) is 5.95 Å². The van der Waals surface area contributed by atoms with Crippen LogP contribution < -0.4 is 11.3 Å². The second kappa shape index (κ2) is 4.83. The molecule has 9 heteroatoms. The number of hydrogen-bond acceptors (Lipinski definition) is 7. The summed E-state index contributed by atoms with van der Waals surface area (Å²) in [5.74, 6) is 1.34. The van der Waals surface area contributed by atoms with Gasteiger partial charge >= 0.3 is 0 Å². The molecule has 8 nitrogen and oxygen atoms in total. The van der Waals surface area contributed by atoms with Crippen molar-refractivity contribution in [3.05, 3.63) is 16.7 Å². The zero-order chi connectivity index (χ0) is 13.4. The largest absolute Gasteiger partial charge is 0.394 e. The first kappa shape index (κ1) is 12.5. The van der Waals surface area contributed by atoms with E-state index in [0.717, 1.165) is 0 Å². The summed E-state index contributed by atoms with van der Waals surface area (Å²) in [5, 5.41) is 9.14. The Morgan fingerprint density at radius 3 is 3.26 bits per heavy atom. The number of nitrogen functional groups attached to an aromatic ring is 1. The zero-order valence-corrected chi connectivity index (χ0v) is 10.8. The molecule has 4 N–H and O–H groups in total. The maximum atomic E-state index is 12.3. The van der Waals surface area contributed by atoms with Gasteiger partial charge < -0.3 is 20.6 Å². The molecule has 2 atom stereocenters. The topological polar surface area (TPSA) is 119 Å². The molecule has 1 fully saturated rings. The minimum absolute atomic E-state index is 0.0637. The van der Waals surface area contributed by atoms with Crippen molar-refractivity contribution in [1.29, 1.82) is 0 Å². The Labute approximate surface area is 112 Å². The van der Waals surface area contributed by atoms with Gasteiger partial charge in [-0.1, -0.05) is 0 Å². The van der Waals surface area contributed by atoms with Crippen molar-refractivity contribution < 1.29 is 9.84 Å². The van der Waals surface area contributed by atoms with Gasteiger partial charge in [0, 0.05) is 11.5 Å². The van der Waals surface area contributed by atoms with E-state index in [2.05, 4.69) is 15.0 Å². The fourth-order valence-corrected chi connectivity index (χ4v) is 3.04. The first-order chi connectivity index (χ1) is 9.20. The van der Waals surface area contributed by atoms with Gasteiger partial charge in [0.15, 0.2) is 11.2 Å². The highest BCUT2D eigenvalue weighted by molar-refractivity contribution is 7.99. The summed E-state index contributed by atoms with van der Waals surface area (Å²) in [5.41, 5.74) is 6.09. The standard InChI is InChI=1S/C10H13N5O3S/c11-10-14-8-7(12-4-13-8)9(17)15(10)6-3-19-2-5(1-16)18-6/h4-6,16H,1-3H2,(H2,11,14)(H,12,13). The lowest BCUT2D eigenvalue weighted by Gasteiger charge is -2.30. The Bertz CT molecular complexity index is 654. The van der Waals surface area contributed by atoms with Crippen molar-refractivity contribution in [2.24, 2.45) is 0 Å². The first-order valence-electron chi connectivity index (χ1n) is 5.76. The van der Waals surface area contributed by atoms with Crippen LogP contribution >= 0.6 is 11.8 Å². The predicted octanol–water partition coefficient (Wildman–Crippen LogP) is -0.675.